The van der Waals surface area contributed by atoms with E-state index in [0.29, 0.717) is 19.3 Å². The molecule has 0 radical (unpaired) electrons. The fourth-order valence-electron chi connectivity index (χ4n) is 2.24. The summed E-state index contributed by atoms with van der Waals surface area (Å²) in [5, 5.41) is 0. The van der Waals surface area contributed by atoms with Gasteiger partial charge in [0, 0.05) is 0 Å². The number of ether oxygens (including phenoxy) is 1. The van der Waals surface area contributed by atoms with Crippen LogP contribution in [0.25, 0.3) is 0 Å². The molecule has 1 saturated heterocycles. The van der Waals surface area contributed by atoms with Gasteiger partial charge in [-0.05, 0) is 19.3 Å². The number of rotatable bonds is 1. The molecule has 1 fully saturated rings. The molecule has 2 aliphatic rings. The Morgan fingerprint density at radius 2 is 2.31 bits per heavy atom. The smallest absolute Gasteiger partial charge is 0.320 e. The average molecular weight is 180 g/mol. The molecule has 2 rings (SSSR count). The lowest BCUT2D eigenvalue weighted by atomic mass is 9.69. The highest BCUT2D eigenvalue weighted by molar-refractivity contribution is 5.99. The number of allylic oxidation sites excluding steroid dienone is 2. The first-order valence-electron chi connectivity index (χ1n) is 4.62. The zero-order chi connectivity index (χ0) is 9.47. The highest BCUT2D eigenvalue weighted by Crippen LogP contribution is 2.47. The Hall–Kier alpha value is -1.12. The van der Waals surface area contributed by atoms with Crippen molar-refractivity contribution in [3.63, 3.8) is 0 Å². The fourth-order valence-corrected chi connectivity index (χ4v) is 2.24. The summed E-state index contributed by atoms with van der Waals surface area (Å²) in [7, 11) is 0. The van der Waals surface area contributed by atoms with E-state index in [1.165, 1.54) is 0 Å². The van der Waals surface area contributed by atoms with Gasteiger partial charge in [-0.15, -0.1) is 0 Å². The molecule has 3 nitrogen and oxygen atoms in total. The van der Waals surface area contributed by atoms with Crippen LogP contribution in [0.4, 0.5) is 0 Å². The van der Waals surface area contributed by atoms with Crippen molar-refractivity contribution in [1.82, 2.24) is 0 Å². The molecule has 0 aromatic rings. The molecule has 13 heavy (non-hydrogen) atoms. The number of hydrogen-bond donors (Lipinski definition) is 0. The molecule has 70 valence electrons. The SMILES string of the molecule is CCC12CC=CCC1C(=O)OC2=O. The van der Waals surface area contributed by atoms with Gasteiger partial charge < -0.3 is 4.74 Å². The lowest BCUT2D eigenvalue weighted by Crippen LogP contribution is -2.34. The van der Waals surface area contributed by atoms with E-state index in [9.17, 15) is 9.59 Å². The number of fused-ring (bicyclic) bond motifs is 1. The molecule has 0 amide bonds. The quantitative estimate of drug-likeness (QED) is 0.348. The average Bonchev–Trinajstić information content (AvgIpc) is 2.41. The van der Waals surface area contributed by atoms with E-state index in [4.69, 9.17) is 0 Å². The summed E-state index contributed by atoms with van der Waals surface area (Å²) in [6.45, 7) is 1.94. The van der Waals surface area contributed by atoms with Gasteiger partial charge in [0.15, 0.2) is 0 Å². The van der Waals surface area contributed by atoms with Crippen LogP contribution in [0, 0.1) is 11.3 Å². The minimum Gasteiger partial charge on any atom is -0.392 e. The number of hydrogen-bond acceptors (Lipinski definition) is 3. The molecule has 3 heteroatoms. The first-order chi connectivity index (χ1) is 6.20. The molecule has 2 unspecified atom stereocenters. The van der Waals surface area contributed by atoms with Crippen molar-refractivity contribution in [2.45, 2.75) is 26.2 Å². The van der Waals surface area contributed by atoms with Gasteiger partial charge in [-0.3, -0.25) is 9.59 Å². The normalized spacial score (nSPS) is 37.5. The van der Waals surface area contributed by atoms with Crippen molar-refractivity contribution < 1.29 is 14.3 Å². The van der Waals surface area contributed by atoms with Gasteiger partial charge in [0.25, 0.3) is 0 Å². The standard InChI is InChI=1S/C10H12O3/c1-2-10-6-4-3-5-7(10)8(11)13-9(10)12/h3-4,7H,2,5-6H2,1H3. The summed E-state index contributed by atoms with van der Waals surface area (Å²) < 4.78 is 4.68. The minimum atomic E-state index is -0.536. The second-order valence-corrected chi connectivity index (χ2v) is 3.68. The Balaban J connectivity index is 2.42. The highest BCUT2D eigenvalue weighted by atomic mass is 16.6. The Kier molecular flexibility index (Phi) is 1.75. The van der Waals surface area contributed by atoms with E-state index in [0.717, 1.165) is 0 Å². The maximum absolute atomic E-state index is 11.5. The van der Waals surface area contributed by atoms with Crippen LogP contribution in [0.3, 0.4) is 0 Å². The van der Waals surface area contributed by atoms with Gasteiger partial charge in [-0.25, -0.2) is 0 Å². The third kappa shape index (κ3) is 0.961. The van der Waals surface area contributed by atoms with Crippen LogP contribution in [-0.4, -0.2) is 11.9 Å². The number of carbonyl (C=O) groups excluding carboxylic acids is 2. The summed E-state index contributed by atoms with van der Waals surface area (Å²) >= 11 is 0. The number of esters is 2. The van der Waals surface area contributed by atoms with E-state index in [2.05, 4.69) is 4.74 Å². The van der Waals surface area contributed by atoms with E-state index < -0.39 is 5.41 Å². The summed E-state index contributed by atoms with van der Waals surface area (Å²) in [4.78, 5) is 22.8. The van der Waals surface area contributed by atoms with Crippen molar-refractivity contribution in [2.24, 2.45) is 11.3 Å². The Morgan fingerprint density at radius 3 is 2.92 bits per heavy atom. The monoisotopic (exact) mass is 180 g/mol. The Bertz CT molecular complexity index is 293. The van der Waals surface area contributed by atoms with Crippen molar-refractivity contribution in [2.75, 3.05) is 0 Å². The van der Waals surface area contributed by atoms with E-state index >= 15 is 0 Å². The molecule has 0 bridgehead atoms. The maximum Gasteiger partial charge on any atom is 0.320 e. The third-order valence-electron chi connectivity index (χ3n) is 3.20. The van der Waals surface area contributed by atoms with Crippen LogP contribution in [0.5, 0.6) is 0 Å². The molecule has 0 aromatic heterocycles. The molecule has 0 aromatic carbocycles. The van der Waals surface area contributed by atoms with Crippen LogP contribution in [0.1, 0.15) is 26.2 Å². The van der Waals surface area contributed by atoms with E-state index in [1.807, 2.05) is 19.1 Å². The second-order valence-electron chi connectivity index (χ2n) is 3.68. The molecular weight excluding hydrogens is 168 g/mol. The molecule has 1 aliphatic heterocycles. The van der Waals surface area contributed by atoms with Gasteiger partial charge >= 0.3 is 11.9 Å². The predicted octanol–water partition coefficient (Wildman–Crippen LogP) is 1.43. The predicted molar refractivity (Wildman–Crippen MR) is 45.7 cm³/mol. The maximum atomic E-state index is 11.5. The lowest BCUT2D eigenvalue weighted by Gasteiger charge is -2.29. The zero-order valence-electron chi connectivity index (χ0n) is 7.58. The highest BCUT2D eigenvalue weighted by Gasteiger charge is 2.55. The summed E-state index contributed by atoms with van der Waals surface area (Å²) in [5.41, 5.74) is -0.536. The van der Waals surface area contributed by atoms with E-state index in [-0.39, 0.29) is 17.9 Å². The minimum absolute atomic E-state index is 0.227. The van der Waals surface area contributed by atoms with Crippen molar-refractivity contribution in [1.29, 1.82) is 0 Å². The molecule has 1 heterocycles. The van der Waals surface area contributed by atoms with Gasteiger partial charge in [-0.1, -0.05) is 19.1 Å². The van der Waals surface area contributed by atoms with Crippen LogP contribution >= 0.6 is 0 Å². The van der Waals surface area contributed by atoms with Crippen molar-refractivity contribution >= 4 is 11.9 Å². The van der Waals surface area contributed by atoms with Crippen LogP contribution in [0.15, 0.2) is 12.2 Å². The molecule has 1 aliphatic carbocycles. The second kappa shape index (κ2) is 2.69. The molecular formula is C10H12O3. The summed E-state index contributed by atoms with van der Waals surface area (Å²) in [6.07, 6.45) is 5.92. The van der Waals surface area contributed by atoms with Crippen molar-refractivity contribution in [3.8, 4) is 0 Å². The number of cyclic esters (lactones) is 2. The summed E-state index contributed by atoms with van der Waals surface area (Å²) in [5.74, 6) is -0.888. The first-order valence-corrected chi connectivity index (χ1v) is 4.62. The van der Waals surface area contributed by atoms with E-state index in [1.54, 1.807) is 0 Å². The van der Waals surface area contributed by atoms with Crippen LogP contribution in [0.2, 0.25) is 0 Å². The lowest BCUT2D eigenvalue weighted by molar-refractivity contribution is -0.155. The fraction of sp³-hybridized carbons (Fsp3) is 0.600. The van der Waals surface area contributed by atoms with Gasteiger partial charge in [-0.2, -0.15) is 0 Å². The van der Waals surface area contributed by atoms with Crippen LogP contribution in [-0.2, 0) is 14.3 Å². The topological polar surface area (TPSA) is 43.4 Å². The Labute approximate surface area is 76.8 Å². The summed E-state index contributed by atoms with van der Waals surface area (Å²) in [6, 6.07) is 0. The molecule has 0 spiro atoms. The Morgan fingerprint density at radius 1 is 1.54 bits per heavy atom. The molecule has 2 atom stereocenters. The number of carbonyl (C=O) groups is 2. The van der Waals surface area contributed by atoms with Gasteiger partial charge in [0.2, 0.25) is 0 Å². The van der Waals surface area contributed by atoms with Crippen molar-refractivity contribution in [3.05, 3.63) is 12.2 Å². The molecule has 0 N–H and O–H groups in total. The first kappa shape index (κ1) is 8.48. The van der Waals surface area contributed by atoms with Gasteiger partial charge in [0.05, 0.1) is 11.3 Å². The largest absolute Gasteiger partial charge is 0.392 e. The molecule has 0 saturated carbocycles. The van der Waals surface area contributed by atoms with Gasteiger partial charge in [0.1, 0.15) is 0 Å². The third-order valence-corrected chi connectivity index (χ3v) is 3.20. The van der Waals surface area contributed by atoms with Crippen LogP contribution < -0.4 is 0 Å². The zero-order valence-corrected chi connectivity index (χ0v) is 7.58.